The maximum absolute atomic E-state index is 13.6. The number of Topliss-reactive ketones (excluding diaryl/α,β-unsaturated/α-hetero) is 1. The standard InChI is InChI=1S/C27H21ClN4O3/c1-17-4-2-7-22-25(17)32(27(35)26(22)34)15-24(33)31(14-18-5-3-6-20(28)12-18)21-10-8-19(9-11-21)23-13-29-16-30-23/h2-13,16H,14-15H2,1H3,(H,29,30). The average Bonchev–Trinajstić information content (AvgIpc) is 3.47. The van der Waals surface area contributed by atoms with Crippen molar-refractivity contribution < 1.29 is 14.4 Å². The summed E-state index contributed by atoms with van der Waals surface area (Å²) in [6.07, 6.45) is 3.33. The molecule has 8 heteroatoms. The van der Waals surface area contributed by atoms with Gasteiger partial charge in [0.15, 0.2) is 0 Å². The molecular weight excluding hydrogens is 464 g/mol. The van der Waals surface area contributed by atoms with Gasteiger partial charge in [-0.25, -0.2) is 4.98 Å². The van der Waals surface area contributed by atoms with E-state index in [9.17, 15) is 14.4 Å². The van der Waals surface area contributed by atoms with Gasteiger partial charge < -0.3 is 9.88 Å². The summed E-state index contributed by atoms with van der Waals surface area (Å²) in [6, 6.07) is 19.9. The van der Waals surface area contributed by atoms with Gasteiger partial charge >= 0.3 is 0 Å². The third-order valence-corrected chi connectivity index (χ3v) is 6.24. The van der Waals surface area contributed by atoms with Crippen LogP contribution in [0.15, 0.2) is 79.3 Å². The van der Waals surface area contributed by atoms with Crippen molar-refractivity contribution in [3.8, 4) is 11.3 Å². The molecule has 5 rings (SSSR count). The van der Waals surface area contributed by atoms with Crippen molar-refractivity contribution in [2.45, 2.75) is 13.5 Å². The Morgan fingerprint density at radius 3 is 2.54 bits per heavy atom. The number of rotatable bonds is 6. The highest BCUT2D eigenvalue weighted by atomic mass is 35.5. The molecule has 0 saturated carbocycles. The SMILES string of the molecule is Cc1cccc2c1N(CC(=O)N(Cc1cccc(Cl)c1)c1ccc(-c3cnc[nH]3)cc1)C(=O)C2=O. The summed E-state index contributed by atoms with van der Waals surface area (Å²) in [5.41, 5.74) is 4.86. The van der Waals surface area contributed by atoms with Gasteiger partial charge in [0.25, 0.3) is 11.7 Å². The van der Waals surface area contributed by atoms with Crippen molar-refractivity contribution in [2.24, 2.45) is 0 Å². The maximum Gasteiger partial charge on any atom is 0.299 e. The first-order valence-corrected chi connectivity index (χ1v) is 11.4. The van der Waals surface area contributed by atoms with E-state index in [4.69, 9.17) is 11.6 Å². The van der Waals surface area contributed by atoms with Crippen LogP contribution in [0.3, 0.4) is 0 Å². The lowest BCUT2D eigenvalue weighted by Gasteiger charge is -2.26. The molecule has 0 aliphatic carbocycles. The summed E-state index contributed by atoms with van der Waals surface area (Å²) in [5, 5.41) is 0.564. The van der Waals surface area contributed by atoms with E-state index >= 15 is 0 Å². The summed E-state index contributed by atoms with van der Waals surface area (Å²) in [7, 11) is 0. The minimum atomic E-state index is -0.694. The molecule has 0 fully saturated rings. The van der Waals surface area contributed by atoms with Gasteiger partial charge in [0, 0.05) is 10.7 Å². The summed E-state index contributed by atoms with van der Waals surface area (Å²) >= 11 is 6.17. The third-order valence-electron chi connectivity index (χ3n) is 6.00. The van der Waals surface area contributed by atoms with Crippen molar-refractivity contribution in [2.75, 3.05) is 16.3 Å². The fourth-order valence-corrected chi connectivity index (χ4v) is 4.50. The molecule has 174 valence electrons. The maximum atomic E-state index is 13.6. The number of aryl methyl sites for hydroxylation is 1. The highest BCUT2D eigenvalue weighted by Gasteiger charge is 2.38. The van der Waals surface area contributed by atoms with E-state index < -0.39 is 11.7 Å². The Hall–Kier alpha value is -4.23. The highest BCUT2D eigenvalue weighted by Crippen LogP contribution is 2.32. The molecule has 0 unspecified atom stereocenters. The average molecular weight is 485 g/mol. The number of H-pyrrole nitrogens is 1. The highest BCUT2D eigenvalue weighted by molar-refractivity contribution is 6.52. The van der Waals surface area contributed by atoms with Crippen LogP contribution in [0.2, 0.25) is 5.02 Å². The molecule has 1 N–H and O–H groups in total. The van der Waals surface area contributed by atoms with Crippen LogP contribution in [-0.2, 0) is 16.1 Å². The first-order valence-electron chi connectivity index (χ1n) is 11.0. The van der Waals surface area contributed by atoms with Crippen LogP contribution in [-0.4, -0.2) is 34.1 Å². The van der Waals surface area contributed by atoms with Crippen LogP contribution in [0.5, 0.6) is 0 Å². The van der Waals surface area contributed by atoms with Gasteiger partial charge in [-0.1, -0.05) is 48.0 Å². The number of imidazole rings is 1. The molecule has 2 amide bonds. The fourth-order valence-electron chi connectivity index (χ4n) is 4.29. The molecule has 7 nitrogen and oxygen atoms in total. The lowest BCUT2D eigenvalue weighted by atomic mass is 10.1. The molecule has 0 bridgehead atoms. The summed E-state index contributed by atoms with van der Waals surface area (Å²) < 4.78 is 0. The topological polar surface area (TPSA) is 86.4 Å². The second-order valence-corrected chi connectivity index (χ2v) is 8.75. The summed E-state index contributed by atoms with van der Waals surface area (Å²) in [6.45, 7) is 1.81. The fraction of sp³-hybridized carbons (Fsp3) is 0.111. The van der Waals surface area contributed by atoms with Gasteiger partial charge in [-0.05, 0) is 53.9 Å². The van der Waals surface area contributed by atoms with Crippen molar-refractivity contribution in [3.63, 3.8) is 0 Å². The Balaban J connectivity index is 1.48. The Labute approximate surface area is 207 Å². The molecule has 2 heterocycles. The van der Waals surface area contributed by atoms with Crippen LogP contribution >= 0.6 is 11.6 Å². The van der Waals surface area contributed by atoms with E-state index in [2.05, 4.69) is 9.97 Å². The lowest BCUT2D eigenvalue weighted by molar-refractivity contribution is -0.120. The molecule has 0 atom stereocenters. The molecule has 0 spiro atoms. The number of ketones is 1. The zero-order chi connectivity index (χ0) is 24.5. The normalized spacial score (nSPS) is 12.7. The number of amides is 2. The van der Waals surface area contributed by atoms with Gasteiger partial charge in [-0.2, -0.15) is 0 Å². The summed E-state index contributed by atoms with van der Waals surface area (Å²) in [4.78, 5) is 48.9. The zero-order valence-electron chi connectivity index (χ0n) is 18.9. The Kier molecular flexibility index (Phi) is 5.93. The molecule has 35 heavy (non-hydrogen) atoms. The van der Waals surface area contributed by atoms with Crippen LogP contribution in [0.25, 0.3) is 11.3 Å². The molecular formula is C27H21ClN4O3. The van der Waals surface area contributed by atoms with Gasteiger partial charge in [-0.15, -0.1) is 0 Å². The third kappa shape index (κ3) is 4.34. The van der Waals surface area contributed by atoms with E-state index in [-0.39, 0.29) is 19.0 Å². The van der Waals surface area contributed by atoms with Crippen molar-refractivity contribution in [1.29, 1.82) is 0 Å². The largest absolute Gasteiger partial charge is 0.345 e. The Morgan fingerprint density at radius 1 is 1.06 bits per heavy atom. The number of benzene rings is 3. The number of carbonyl (C=O) groups excluding carboxylic acids is 3. The van der Waals surface area contributed by atoms with Crippen LogP contribution < -0.4 is 9.80 Å². The quantitative estimate of drug-likeness (QED) is 0.398. The Morgan fingerprint density at radius 2 is 1.83 bits per heavy atom. The number of hydrogen-bond acceptors (Lipinski definition) is 4. The number of aromatic nitrogens is 2. The van der Waals surface area contributed by atoms with Crippen molar-refractivity contribution in [1.82, 2.24) is 9.97 Å². The number of carbonyl (C=O) groups is 3. The van der Waals surface area contributed by atoms with Crippen LogP contribution in [0, 0.1) is 6.92 Å². The Bertz CT molecular complexity index is 1430. The number of para-hydroxylation sites is 1. The number of nitrogens with one attached hydrogen (secondary N) is 1. The first kappa shape index (κ1) is 22.6. The minimum absolute atomic E-state index is 0.249. The van der Waals surface area contributed by atoms with Crippen LogP contribution in [0.1, 0.15) is 21.5 Å². The van der Waals surface area contributed by atoms with Gasteiger partial charge in [0.05, 0.1) is 36.0 Å². The molecule has 1 aliphatic rings. The molecule has 0 saturated heterocycles. The number of halogens is 1. The molecule has 1 aromatic heterocycles. The van der Waals surface area contributed by atoms with E-state index in [1.165, 1.54) is 4.90 Å². The first-order chi connectivity index (χ1) is 16.9. The molecule has 4 aromatic rings. The predicted octanol–water partition coefficient (Wildman–Crippen LogP) is 4.80. The number of fused-ring (bicyclic) bond motifs is 1. The number of nitrogens with zero attached hydrogens (tertiary/aromatic N) is 3. The lowest BCUT2D eigenvalue weighted by Crippen LogP contribution is -2.42. The molecule has 3 aromatic carbocycles. The van der Waals surface area contributed by atoms with Gasteiger partial charge in [0.2, 0.25) is 5.91 Å². The van der Waals surface area contributed by atoms with E-state index in [1.807, 2.05) is 49.4 Å². The van der Waals surface area contributed by atoms with E-state index in [0.717, 1.165) is 22.4 Å². The van der Waals surface area contributed by atoms with Gasteiger partial charge in [-0.3, -0.25) is 19.3 Å². The summed E-state index contributed by atoms with van der Waals surface area (Å²) in [5.74, 6) is -1.61. The smallest absolute Gasteiger partial charge is 0.299 e. The van der Waals surface area contributed by atoms with E-state index in [0.29, 0.717) is 22.0 Å². The van der Waals surface area contributed by atoms with Crippen molar-refractivity contribution >= 4 is 40.6 Å². The second kappa shape index (κ2) is 9.19. The minimum Gasteiger partial charge on any atom is -0.345 e. The zero-order valence-corrected chi connectivity index (χ0v) is 19.6. The van der Waals surface area contributed by atoms with E-state index in [1.54, 1.807) is 41.7 Å². The monoisotopic (exact) mass is 484 g/mol. The van der Waals surface area contributed by atoms with Crippen LogP contribution in [0.4, 0.5) is 11.4 Å². The van der Waals surface area contributed by atoms with Gasteiger partial charge in [0.1, 0.15) is 6.54 Å². The molecule has 1 aliphatic heterocycles. The molecule has 0 radical (unpaired) electrons. The number of hydrogen-bond donors (Lipinski definition) is 1. The number of anilines is 2. The predicted molar refractivity (Wildman–Crippen MR) is 135 cm³/mol. The second-order valence-electron chi connectivity index (χ2n) is 8.31. The van der Waals surface area contributed by atoms with Crippen molar-refractivity contribution in [3.05, 3.63) is 101 Å². The number of aromatic amines is 1.